The van der Waals surface area contributed by atoms with Crippen LogP contribution in [0.3, 0.4) is 0 Å². The third kappa shape index (κ3) is 2.65. The van der Waals surface area contributed by atoms with Gasteiger partial charge in [-0.25, -0.2) is 0 Å². The van der Waals surface area contributed by atoms with Gasteiger partial charge in [0.05, 0.1) is 36.8 Å². The van der Waals surface area contributed by atoms with E-state index in [1.54, 1.807) is 0 Å². The highest BCUT2D eigenvalue weighted by Crippen LogP contribution is 2.21. The molecule has 1 aromatic heterocycles. The van der Waals surface area contributed by atoms with Crippen LogP contribution in [0.1, 0.15) is 19.8 Å². The number of aliphatic hydroxyl groups is 1. The molecule has 2 atom stereocenters. The number of carbonyl (C=O) groups excluding carboxylic acids is 1. The first-order valence-electron chi connectivity index (χ1n) is 7.52. The van der Waals surface area contributed by atoms with E-state index in [1.165, 1.54) is 0 Å². The van der Waals surface area contributed by atoms with E-state index < -0.39 is 0 Å². The van der Waals surface area contributed by atoms with E-state index >= 15 is 0 Å². The van der Waals surface area contributed by atoms with E-state index in [4.69, 9.17) is 0 Å². The van der Waals surface area contributed by atoms with Crippen LogP contribution < -0.4 is 0 Å². The molecule has 0 saturated carbocycles. The van der Waals surface area contributed by atoms with Crippen molar-refractivity contribution >= 4 is 16.8 Å². The molecule has 5 nitrogen and oxygen atoms in total. The first-order chi connectivity index (χ1) is 10.2. The molecule has 1 amide bonds. The SMILES string of the molecule is CC(Cn1ncc2ccccc21)C(=O)N1CCC[C@H]1CO. The maximum absolute atomic E-state index is 12.6. The first-order valence-corrected chi connectivity index (χ1v) is 7.52. The van der Waals surface area contributed by atoms with Crippen molar-refractivity contribution in [2.24, 2.45) is 5.92 Å². The molecule has 0 bridgehead atoms. The van der Waals surface area contributed by atoms with Crippen LogP contribution in [0.4, 0.5) is 0 Å². The molecular formula is C16H21N3O2. The van der Waals surface area contributed by atoms with Crippen molar-refractivity contribution < 1.29 is 9.90 Å². The average Bonchev–Trinajstić information content (AvgIpc) is 3.13. The number of hydrogen-bond acceptors (Lipinski definition) is 3. The van der Waals surface area contributed by atoms with Crippen molar-refractivity contribution in [1.29, 1.82) is 0 Å². The fourth-order valence-electron chi connectivity index (χ4n) is 3.11. The van der Waals surface area contributed by atoms with Crippen molar-refractivity contribution in [3.63, 3.8) is 0 Å². The Balaban J connectivity index is 1.74. The molecule has 21 heavy (non-hydrogen) atoms. The summed E-state index contributed by atoms with van der Waals surface area (Å²) in [6, 6.07) is 8.00. The predicted molar refractivity (Wildman–Crippen MR) is 80.7 cm³/mol. The summed E-state index contributed by atoms with van der Waals surface area (Å²) < 4.78 is 1.89. The quantitative estimate of drug-likeness (QED) is 0.930. The van der Waals surface area contributed by atoms with E-state index in [2.05, 4.69) is 5.10 Å². The Morgan fingerprint density at radius 1 is 1.48 bits per heavy atom. The van der Waals surface area contributed by atoms with Gasteiger partial charge in [-0.1, -0.05) is 25.1 Å². The number of aromatic nitrogens is 2. The number of benzene rings is 1. The smallest absolute Gasteiger partial charge is 0.227 e. The summed E-state index contributed by atoms with van der Waals surface area (Å²) in [6.07, 6.45) is 3.72. The van der Waals surface area contributed by atoms with E-state index in [0.29, 0.717) is 6.54 Å². The standard InChI is InChI=1S/C16H21N3O2/c1-12(16(21)18-8-4-6-14(18)11-20)10-19-15-7-3-2-5-13(15)9-17-19/h2-3,5,7,9,12,14,20H,4,6,8,10-11H2,1H3/t12?,14-/m0/s1. The van der Waals surface area contributed by atoms with Gasteiger partial charge in [0.25, 0.3) is 0 Å². The summed E-state index contributed by atoms with van der Waals surface area (Å²) in [4.78, 5) is 14.4. The van der Waals surface area contributed by atoms with E-state index in [9.17, 15) is 9.90 Å². The molecule has 1 aliphatic heterocycles. The fourth-order valence-corrected chi connectivity index (χ4v) is 3.11. The predicted octanol–water partition coefficient (Wildman–Crippen LogP) is 1.66. The highest BCUT2D eigenvalue weighted by molar-refractivity contribution is 5.80. The number of para-hydroxylation sites is 1. The van der Waals surface area contributed by atoms with Crippen LogP contribution in [0, 0.1) is 5.92 Å². The van der Waals surface area contributed by atoms with E-state index in [1.807, 2.05) is 47.0 Å². The van der Waals surface area contributed by atoms with E-state index in [0.717, 1.165) is 30.3 Å². The lowest BCUT2D eigenvalue weighted by molar-refractivity contribution is -0.137. The second-order valence-corrected chi connectivity index (χ2v) is 5.80. The lowest BCUT2D eigenvalue weighted by atomic mass is 10.1. The summed E-state index contributed by atoms with van der Waals surface area (Å²) in [5.41, 5.74) is 1.05. The Morgan fingerprint density at radius 3 is 3.10 bits per heavy atom. The zero-order valence-electron chi connectivity index (χ0n) is 12.3. The third-order valence-corrected chi connectivity index (χ3v) is 4.29. The minimum atomic E-state index is -0.138. The van der Waals surface area contributed by atoms with Gasteiger partial charge in [-0.2, -0.15) is 5.10 Å². The largest absolute Gasteiger partial charge is 0.394 e. The van der Waals surface area contributed by atoms with Gasteiger partial charge in [-0.3, -0.25) is 9.48 Å². The van der Waals surface area contributed by atoms with Crippen molar-refractivity contribution in [1.82, 2.24) is 14.7 Å². The van der Waals surface area contributed by atoms with Crippen molar-refractivity contribution in [2.75, 3.05) is 13.2 Å². The van der Waals surface area contributed by atoms with Crippen LogP contribution in [-0.4, -0.2) is 44.9 Å². The van der Waals surface area contributed by atoms with Gasteiger partial charge in [0, 0.05) is 11.9 Å². The molecule has 1 saturated heterocycles. The minimum Gasteiger partial charge on any atom is -0.394 e. The second kappa shape index (κ2) is 5.85. The van der Waals surface area contributed by atoms with Crippen LogP contribution in [0.25, 0.3) is 10.9 Å². The molecule has 3 rings (SSSR count). The van der Waals surface area contributed by atoms with Crippen molar-refractivity contribution in [3.05, 3.63) is 30.5 Å². The minimum absolute atomic E-state index is 0.00526. The summed E-state index contributed by atoms with van der Waals surface area (Å²) in [6.45, 7) is 3.32. The molecule has 0 aliphatic carbocycles. The van der Waals surface area contributed by atoms with Crippen LogP contribution in [0.5, 0.6) is 0 Å². The Bertz CT molecular complexity index is 637. The molecule has 2 heterocycles. The summed E-state index contributed by atoms with van der Waals surface area (Å²) >= 11 is 0. The summed E-state index contributed by atoms with van der Waals surface area (Å²) in [7, 11) is 0. The highest BCUT2D eigenvalue weighted by atomic mass is 16.3. The van der Waals surface area contributed by atoms with Gasteiger partial charge in [-0.15, -0.1) is 0 Å². The van der Waals surface area contributed by atoms with Crippen molar-refractivity contribution in [2.45, 2.75) is 32.4 Å². The molecule has 1 N–H and O–H groups in total. The second-order valence-electron chi connectivity index (χ2n) is 5.80. The topological polar surface area (TPSA) is 58.4 Å². The molecule has 2 aromatic rings. The number of amides is 1. The Kier molecular flexibility index (Phi) is 3.92. The van der Waals surface area contributed by atoms with Gasteiger partial charge in [0.15, 0.2) is 0 Å². The maximum Gasteiger partial charge on any atom is 0.227 e. The zero-order valence-corrected chi connectivity index (χ0v) is 12.3. The normalized spacial score (nSPS) is 20.1. The highest BCUT2D eigenvalue weighted by Gasteiger charge is 2.31. The van der Waals surface area contributed by atoms with Crippen molar-refractivity contribution in [3.8, 4) is 0 Å². The summed E-state index contributed by atoms with van der Waals surface area (Å²) in [5, 5.41) is 14.8. The average molecular weight is 287 g/mol. The number of aliphatic hydroxyl groups excluding tert-OH is 1. The molecule has 112 valence electrons. The molecule has 1 unspecified atom stereocenters. The number of hydrogen-bond donors (Lipinski definition) is 1. The fraction of sp³-hybridized carbons (Fsp3) is 0.500. The molecular weight excluding hydrogens is 266 g/mol. The first kappa shape index (κ1) is 14.1. The molecule has 5 heteroatoms. The van der Waals surface area contributed by atoms with Gasteiger partial charge in [-0.05, 0) is 18.9 Å². The Labute approximate surface area is 124 Å². The Hall–Kier alpha value is -1.88. The van der Waals surface area contributed by atoms with Gasteiger partial charge >= 0.3 is 0 Å². The molecule has 1 aliphatic rings. The monoisotopic (exact) mass is 287 g/mol. The zero-order chi connectivity index (χ0) is 14.8. The number of carbonyl (C=O) groups is 1. The molecule has 1 fully saturated rings. The van der Waals surface area contributed by atoms with E-state index in [-0.39, 0.29) is 24.5 Å². The Morgan fingerprint density at radius 2 is 2.29 bits per heavy atom. The lowest BCUT2D eigenvalue weighted by Crippen LogP contribution is -2.41. The van der Waals surface area contributed by atoms with Crippen LogP contribution >= 0.6 is 0 Å². The van der Waals surface area contributed by atoms with Gasteiger partial charge in [0.1, 0.15) is 0 Å². The lowest BCUT2D eigenvalue weighted by Gasteiger charge is -2.26. The van der Waals surface area contributed by atoms with Gasteiger partial charge in [0.2, 0.25) is 5.91 Å². The number of nitrogens with zero attached hydrogens (tertiary/aromatic N) is 3. The maximum atomic E-state index is 12.6. The molecule has 0 spiro atoms. The van der Waals surface area contributed by atoms with Gasteiger partial charge < -0.3 is 10.0 Å². The molecule has 0 radical (unpaired) electrons. The van der Waals surface area contributed by atoms with Crippen LogP contribution in [-0.2, 0) is 11.3 Å². The molecule has 1 aromatic carbocycles. The number of fused-ring (bicyclic) bond motifs is 1. The number of likely N-dealkylation sites (tertiary alicyclic amines) is 1. The third-order valence-electron chi connectivity index (χ3n) is 4.29. The number of rotatable bonds is 4. The summed E-state index contributed by atoms with van der Waals surface area (Å²) in [5.74, 6) is -0.0217. The van der Waals surface area contributed by atoms with Crippen LogP contribution in [0.2, 0.25) is 0 Å². The van der Waals surface area contributed by atoms with Crippen LogP contribution in [0.15, 0.2) is 30.5 Å².